The highest BCUT2D eigenvalue weighted by molar-refractivity contribution is 4.45. The molecule has 40 valence electrons. The summed E-state index contributed by atoms with van der Waals surface area (Å²) in [5.41, 5.74) is 0. The van der Waals surface area contributed by atoms with E-state index in [0.717, 1.165) is 0 Å². The summed E-state index contributed by atoms with van der Waals surface area (Å²) in [5.74, 6) is 0. The van der Waals surface area contributed by atoms with E-state index in [0.29, 0.717) is 13.2 Å². The molecule has 3 nitrogen and oxygen atoms in total. The summed E-state index contributed by atoms with van der Waals surface area (Å²) in [6, 6.07) is 0. The molecule has 0 aromatic carbocycles. The van der Waals surface area contributed by atoms with Crippen LogP contribution in [0.1, 0.15) is 0 Å². The van der Waals surface area contributed by atoms with E-state index in [9.17, 15) is 0 Å². The fourth-order valence-electron chi connectivity index (χ4n) is 0.171. The van der Waals surface area contributed by atoms with Gasteiger partial charge in [0.05, 0.1) is 6.61 Å². The van der Waals surface area contributed by atoms with E-state index < -0.39 is 0 Å². The minimum Gasteiger partial charge on any atom is -0.425 e. The van der Waals surface area contributed by atoms with Gasteiger partial charge in [-0.3, -0.25) is 0 Å². The van der Waals surface area contributed by atoms with Crippen molar-refractivity contribution in [1.29, 1.82) is 5.26 Å². The quantitative estimate of drug-likeness (QED) is 0.375. The number of ether oxygens (including phenoxy) is 2. The third-order valence-corrected chi connectivity index (χ3v) is 0.454. The highest BCUT2D eigenvalue weighted by Crippen LogP contribution is 1.68. The van der Waals surface area contributed by atoms with Gasteiger partial charge in [0, 0.05) is 7.11 Å². The van der Waals surface area contributed by atoms with Crippen LogP contribution in [0.25, 0.3) is 0 Å². The molecule has 0 aliphatic carbocycles. The van der Waals surface area contributed by atoms with Gasteiger partial charge in [-0.05, 0) is 0 Å². The second-order valence-corrected chi connectivity index (χ2v) is 0.933. The van der Waals surface area contributed by atoms with E-state index in [-0.39, 0.29) is 0 Å². The Labute approximate surface area is 42.5 Å². The van der Waals surface area contributed by atoms with Crippen LogP contribution in [-0.2, 0) is 9.47 Å². The van der Waals surface area contributed by atoms with Crippen molar-refractivity contribution in [3.63, 3.8) is 0 Å². The maximum atomic E-state index is 7.77. The average Bonchev–Trinajstić information content (AvgIpc) is 1.69. The first-order chi connectivity index (χ1) is 3.41. The van der Waals surface area contributed by atoms with Crippen molar-refractivity contribution in [2.24, 2.45) is 0 Å². The summed E-state index contributed by atoms with van der Waals surface area (Å²) in [4.78, 5) is 0. The van der Waals surface area contributed by atoms with Crippen molar-refractivity contribution in [3.8, 4) is 6.26 Å². The summed E-state index contributed by atoms with van der Waals surface area (Å²) in [5, 5.41) is 7.77. The molecular weight excluding hydrogens is 94.0 g/mol. The molecule has 0 aliphatic rings. The van der Waals surface area contributed by atoms with E-state index in [1.165, 1.54) is 6.26 Å². The lowest BCUT2D eigenvalue weighted by molar-refractivity contribution is 0.131. The third kappa shape index (κ3) is 5.25. The number of hydrogen-bond donors (Lipinski definition) is 0. The highest BCUT2D eigenvalue weighted by Gasteiger charge is 1.77. The van der Waals surface area contributed by atoms with Crippen LogP contribution in [0.5, 0.6) is 0 Å². The molecule has 0 aromatic heterocycles. The predicted molar refractivity (Wildman–Crippen MR) is 23.4 cm³/mol. The standard InChI is InChI=1S/C4H7NO2/c1-6-2-3-7-4-5/h2-3H2,1H3. The molecule has 0 heterocycles. The summed E-state index contributed by atoms with van der Waals surface area (Å²) in [7, 11) is 1.56. The fraction of sp³-hybridized carbons (Fsp3) is 0.750. The molecule has 3 heteroatoms. The molecule has 0 saturated heterocycles. The van der Waals surface area contributed by atoms with Gasteiger partial charge >= 0.3 is 0 Å². The second-order valence-electron chi connectivity index (χ2n) is 0.933. The Morgan fingerprint density at radius 2 is 2.29 bits per heavy atom. The van der Waals surface area contributed by atoms with E-state index >= 15 is 0 Å². The van der Waals surface area contributed by atoms with Crippen LogP contribution in [0.2, 0.25) is 0 Å². The Morgan fingerprint density at radius 1 is 1.57 bits per heavy atom. The van der Waals surface area contributed by atoms with Gasteiger partial charge in [-0.25, -0.2) is 0 Å². The first kappa shape index (κ1) is 6.25. The Hall–Kier alpha value is -0.750. The van der Waals surface area contributed by atoms with Crippen molar-refractivity contribution < 1.29 is 9.47 Å². The largest absolute Gasteiger partial charge is 0.425 e. The second kappa shape index (κ2) is 5.25. The van der Waals surface area contributed by atoms with Crippen LogP contribution < -0.4 is 0 Å². The summed E-state index contributed by atoms with van der Waals surface area (Å²) in [6.07, 6.45) is 1.52. The molecule has 0 rings (SSSR count). The Bertz CT molecular complexity index is 66.6. The fourth-order valence-corrected chi connectivity index (χ4v) is 0.171. The lowest BCUT2D eigenvalue weighted by atomic mass is 10.8. The lowest BCUT2D eigenvalue weighted by Gasteiger charge is -1.90. The predicted octanol–water partition coefficient (Wildman–Crippen LogP) is 0.130. The van der Waals surface area contributed by atoms with Crippen LogP contribution in [0.4, 0.5) is 0 Å². The van der Waals surface area contributed by atoms with Gasteiger partial charge in [-0.1, -0.05) is 0 Å². The molecule has 0 fully saturated rings. The smallest absolute Gasteiger partial charge is 0.286 e. The van der Waals surface area contributed by atoms with Crippen molar-refractivity contribution in [2.45, 2.75) is 0 Å². The van der Waals surface area contributed by atoms with Gasteiger partial charge in [0.15, 0.2) is 0 Å². The molecule has 0 aromatic rings. The van der Waals surface area contributed by atoms with Gasteiger partial charge in [0.1, 0.15) is 6.61 Å². The van der Waals surface area contributed by atoms with Gasteiger partial charge < -0.3 is 9.47 Å². The molecule has 0 radical (unpaired) electrons. The van der Waals surface area contributed by atoms with E-state index in [2.05, 4.69) is 9.47 Å². The molecule has 0 spiro atoms. The SMILES string of the molecule is COCCOC#N. The van der Waals surface area contributed by atoms with Crippen LogP contribution in [0.3, 0.4) is 0 Å². The number of hydrogen-bond acceptors (Lipinski definition) is 3. The maximum Gasteiger partial charge on any atom is 0.286 e. The molecule has 0 saturated carbocycles. The van der Waals surface area contributed by atoms with E-state index in [1.807, 2.05) is 0 Å². The number of nitrogens with zero attached hydrogens (tertiary/aromatic N) is 1. The van der Waals surface area contributed by atoms with Gasteiger partial charge in [-0.2, -0.15) is 5.26 Å². The lowest BCUT2D eigenvalue weighted by Crippen LogP contribution is -1.96. The van der Waals surface area contributed by atoms with Crippen molar-refractivity contribution in [3.05, 3.63) is 0 Å². The Kier molecular flexibility index (Phi) is 4.69. The van der Waals surface area contributed by atoms with Crippen molar-refractivity contribution in [2.75, 3.05) is 20.3 Å². The van der Waals surface area contributed by atoms with Crippen LogP contribution in [0.15, 0.2) is 0 Å². The summed E-state index contributed by atoms with van der Waals surface area (Å²) in [6.45, 7) is 0.834. The Morgan fingerprint density at radius 3 is 2.71 bits per heavy atom. The van der Waals surface area contributed by atoms with Crippen molar-refractivity contribution >= 4 is 0 Å². The number of methoxy groups -OCH3 is 1. The van der Waals surface area contributed by atoms with Crippen LogP contribution in [0, 0.1) is 11.5 Å². The molecular formula is C4H7NO2. The monoisotopic (exact) mass is 101 g/mol. The maximum absolute atomic E-state index is 7.77. The third-order valence-electron chi connectivity index (χ3n) is 0.454. The average molecular weight is 101 g/mol. The summed E-state index contributed by atoms with van der Waals surface area (Å²) >= 11 is 0. The molecule has 7 heavy (non-hydrogen) atoms. The molecule has 0 N–H and O–H groups in total. The normalized spacial score (nSPS) is 7.43. The zero-order chi connectivity index (χ0) is 5.54. The molecule has 0 aliphatic heterocycles. The zero-order valence-corrected chi connectivity index (χ0v) is 4.18. The zero-order valence-electron chi connectivity index (χ0n) is 4.18. The highest BCUT2D eigenvalue weighted by atomic mass is 16.5. The minimum atomic E-state index is 0.354. The molecule has 0 amide bonds. The first-order valence-electron chi connectivity index (χ1n) is 1.91. The van der Waals surface area contributed by atoms with Crippen LogP contribution in [-0.4, -0.2) is 20.3 Å². The van der Waals surface area contributed by atoms with Crippen LogP contribution >= 0.6 is 0 Å². The molecule has 0 atom stereocenters. The van der Waals surface area contributed by atoms with Gasteiger partial charge in [0.25, 0.3) is 6.26 Å². The first-order valence-corrected chi connectivity index (χ1v) is 1.91. The van der Waals surface area contributed by atoms with Crippen molar-refractivity contribution in [1.82, 2.24) is 0 Å². The minimum absolute atomic E-state index is 0.354. The molecule has 0 bridgehead atoms. The number of nitriles is 1. The Balaban J connectivity index is 2.60. The van der Waals surface area contributed by atoms with E-state index in [4.69, 9.17) is 5.26 Å². The van der Waals surface area contributed by atoms with E-state index in [1.54, 1.807) is 7.11 Å². The number of rotatable bonds is 3. The van der Waals surface area contributed by atoms with Gasteiger partial charge in [0.2, 0.25) is 0 Å². The molecule has 0 unspecified atom stereocenters. The summed E-state index contributed by atoms with van der Waals surface area (Å²) < 4.78 is 8.82. The topological polar surface area (TPSA) is 42.2 Å². The van der Waals surface area contributed by atoms with Gasteiger partial charge in [-0.15, -0.1) is 0 Å².